The third-order valence-corrected chi connectivity index (χ3v) is 10.2. The van der Waals surface area contributed by atoms with E-state index in [0.717, 1.165) is 10.0 Å². The molecule has 45 heavy (non-hydrogen) atoms. The number of anilines is 1. The number of sulfonamides is 1. The number of nitrogens with one attached hydrogen (secondary N) is 2. The van der Waals surface area contributed by atoms with Crippen molar-refractivity contribution < 1.29 is 28.2 Å². The lowest BCUT2D eigenvalue weighted by molar-refractivity contribution is -0.122. The first-order valence-corrected chi connectivity index (χ1v) is 17.2. The number of rotatable bonds is 16. The second kappa shape index (κ2) is 16.7. The zero-order valence-electron chi connectivity index (χ0n) is 25.9. The van der Waals surface area contributed by atoms with Crippen LogP contribution in [0, 0.1) is 12.8 Å². The SMILES string of the molecule is Cc1c(O)cccc1C(=O)N[C@@H](Cc1ccccc1Br)C(=O)NCCCC[C@@H](CO)N(CC(C)C)S(=O)(=O)c1ccc(N)cc1. The van der Waals surface area contributed by atoms with Crippen molar-refractivity contribution in [1.82, 2.24) is 14.9 Å². The molecule has 0 aromatic heterocycles. The van der Waals surface area contributed by atoms with Crippen LogP contribution in [-0.4, -0.2) is 66.5 Å². The van der Waals surface area contributed by atoms with Gasteiger partial charge in [0.2, 0.25) is 15.9 Å². The van der Waals surface area contributed by atoms with Crippen molar-refractivity contribution >= 4 is 43.5 Å². The number of nitrogens with two attached hydrogens (primary N) is 1. The summed E-state index contributed by atoms with van der Waals surface area (Å²) in [5.74, 6) is -0.830. The first-order chi connectivity index (χ1) is 21.3. The first kappa shape index (κ1) is 36.0. The Balaban J connectivity index is 1.65. The third-order valence-electron chi connectivity index (χ3n) is 7.47. The minimum absolute atomic E-state index is 0.0103. The minimum Gasteiger partial charge on any atom is -0.508 e. The van der Waals surface area contributed by atoms with E-state index in [4.69, 9.17) is 5.73 Å². The number of hydrogen-bond acceptors (Lipinski definition) is 7. The van der Waals surface area contributed by atoms with E-state index in [1.54, 1.807) is 19.1 Å². The van der Waals surface area contributed by atoms with Crippen molar-refractivity contribution in [3.8, 4) is 5.75 Å². The monoisotopic (exact) mass is 702 g/mol. The number of amides is 2. The molecule has 0 unspecified atom stereocenters. The fourth-order valence-electron chi connectivity index (χ4n) is 4.94. The number of hydrogen-bond donors (Lipinski definition) is 5. The number of nitrogen functional groups attached to an aromatic ring is 1. The molecule has 2 amide bonds. The molecule has 10 nitrogen and oxygen atoms in total. The third kappa shape index (κ3) is 10.0. The Hall–Kier alpha value is -3.45. The standard InChI is InChI=1S/C33H43BrN4O6S/c1-22(2)20-38(45(43,44)27-16-14-25(35)15-17-27)26(21-39)10-6-7-18-36-33(42)30(19-24-9-4-5-12-29(24)34)37-32(41)28-11-8-13-31(40)23(28)3/h4-5,8-9,11-17,22,26,30,39-40H,6-7,10,18-21,35H2,1-3H3,(H,36,42)(H,37,41)/t26-,30-/m0/s1. The Morgan fingerprint density at radius 1 is 1.00 bits per heavy atom. The smallest absolute Gasteiger partial charge is 0.252 e. The van der Waals surface area contributed by atoms with Crippen molar-refractivity contribution in [3.63, 3.8) is 0 Å². The number of benzene rings is 3. The number of halogens is 1. The molecular formula is C33H43BrN4O6S. The topological polar surface area (TPSA) is 162 Å². The Morgan fingerprint density at radius 3 is 2.33 bits per heavy atom. The molecule has 0 saturated carbocycles. The maximum Gasteiger partial charge on any atom is 0.252 e. The molecule has 0 aliphatic rings. The van der Waals surface area contributed by atoms with Gasteiger partial charge in [-0.1, -0.05) is 60.5 Å². The van der Waals surface area contributed by atoms with Gasteiger partial charge in [0.1, 0.15) is 11.8 Å². The largest absolute Gasteiger partial charge is 0.508 e. The molecule has 3 aromatic rings. The van der Waals surface area contributed by atoms with E-state index in [2.05, 4.69) is 26.6 Å². The molecule has 6 N–H and O–H groups in total. The van der Waals surface area contributed by atoms with Gasteiger partial charge in [-0.25, -0.2) is 8.42 Å². The van der Waals surface area contributed by atoms with Gasteiger partial charge >= 0.3 is 0 Å². The molecule has 0 spiro atoms. The summed E-state index contributed by atoms with van der Waals surface area (Å²) in [4.78, 5) is 26.6. The molecule has 0 fully saturated rings. The van der Waals surface area contributed by atoms with Crippen molar-refractivity contribution in [2.75, 3.05) is 25.4 Å². The van der Waals surface area contributed by atoms with E-state index >= 15 is 0 Å². The lowest BCUT2D eigenvalue weighted by Crippen LogP contribution is -2.48. The van der Waals surface area contributed by atoms with Gasteiger partial charge < -0.3 is 26.6 Å². The van der Waals surface area contributed by atoms with Crippen molar-refractivity contribution in [3.05, 3.63) is 87.9 Å². The van der Waals surface area contributed by atoms with Crippen LogP contribution in [-0.2, 0) is 21.2 Å². The number of carbonyl (C=O) groups is 2. The van der Waals surface area contributed by atoms with Crippen LogP contribution in [0.4, 0.5) is 5.69 Å². The molecule has 0 aliphatic heterocycles. The molecule has 12 heteroatoms. The summed E-state index contributed by atoms with van der Waals surface area (Å²) in [5, 5.41) is 26.0. The number of carbonyl (C=O) groups excluding carboxylic acids is 2. The van der Waals surface area contributed by atoms with Crippen molar-refractivity contribution in [2.24, 2.45) is 5.92 Å². The Bertz CT molecular complexity index is 1550. The van der Waals surface area contributed by atoms with Gasteiger partial charge in [0.25, 0.3) is 5.91 Å². The predicted octanol–water partition coefficient (Wildman–Crippen LogP) is 4.38. The van der Waals surface area contributed by atoms with Crippen LogP contribution >= 0.6 is 15.9 Å². The fourth-order valence-corrected chi connectivity index (χ4v) is 7.20. The predicted molar refractivity (Wildman–Crippen MR) is 179 cm³/mol. The average molecular weight is 704 g/mol. The van der Waals surface area contributed by atoms with Crippen LogP contribution in [0.25, 0.3) is 0 Å². The van der Waals surface area contributed by atoms with E-state index in [9.17, 15) is 28.2 Å². The number of aliphatic hydroxyl groups is 1. The zero-order valence-corrected chi connectivity index (χ0v) is 28.3. The summed E-state index contributed by atoms with van der Waals surface area (Å²) >= 11 is 3.51. The number of nitrogens with zero attached hydrogens (tertiary/aromatic N) is 1. The molecule has 244 valence electrons. The van der Waals surface area contributed by atoms with Gasteiger partial charge in [-0.2, -0.15) is 4.31 Å². The summed E-state index contributed by atoms with van der Waals surface area (Å²) < 4.78 is 29.2. The van der Waals surface area contributed by atoms with Gasteiger partial charge in [0.15, 0.2) is 0 Å². The molecule has 2 atom stereocenters. The number of aromatic hydroxyl groups is 1. The van der Waals surface area contributed by atoms with Crippen LogP contribution in [0.3, 0.4) is 0 Å². The Morgan fingerprint density at radius 2 is 1.69 bits per heavy atom. The highest BCUT2D eigenvalue weighted by Crippen LogP contribution is 2.24. The van der Waals surface area contributed by atoms with Crippen LogP contribution < -0.4 is 16.4 Å². The van der Waals surface area contributed by atoms with Gasteiger partial charge in [0.05, 0.1) is 11.5 Å². The summed E-state index contributed by atoms with van der Waals surface area (Å²) in [6.45, 7) is 5.65. The molecule has 0 heterocycles. The fraction of sp³-hybridized carbons (Fsp3) is 0.394. The normalized spacial score (nSPS) is 13.0. The van der Waals surface area contributed by atoms with E-state index in [-0.39, 0.29) is 47.6 Å². The number of aliphatic hydroxyl groups excluding tert-OH is 1. The van der Waals surface area contributed by atoms with Gasteiger partial charge in [-0.05, 0) is 73.7 Å². The average Bonchev–Trinajstić information content (AvgIpc) is 3.00. The van der Waals surface area contributed by atoms with E-state index in [1.807, 2.05) is 38.1 Å². The molecule has 0 bridgehead atoms. The van der Waals surface area contributed by atoms with Gasteiger partial charge in [0, 0.05) is 46.8 Å². The first-order valence-electron chi connectivity index (χ1n) is 14.9. The van der Waals surface area contributed by atoms with Crippen LogP contribution in [0.5, 0.6) is 5.75 Å². The summed E-state index contributed by atoms with van der Waals surface area (Å²) in [5.41, 5.74) is 7.72. The van der Waals surface area contributed by atoms with Crippen LogP contribution in [0.1, 0.15) is 54.6 Å². The zero-order chi connectivity index (χ0) is 33.1. The number of phenols is 1. The summed E-state index contributed by atoms with van der Waals surface area (Å²) in [6, 6.07) is 16.6. The molecule has 0 radical (unpaired) electrons. The molecule has 3 aromatic carbocycles. The van der Waals surface area contributed by atoms with E-state index < -0.39 is 28.0 Å². The molecule has 3 rings (SSSR count). The maximum atomic E-state index is 13.5. The summed E-state index contributed by atoms with van der Waals surface area (Å²) in [6.07, 6.45) is 1.69. The van der Waals surface area contributed by atoms with Crippen LogP contribution in [0.2, 0.25) is 0 Å². The summed E-state index contributed by atoms with van der Waals surface area (Å²) in [7, 11) is -3.88. The Labute approximate surface area is 274 Å². The van der Waals surface area contributed by atoms with E-state index in [1.165, 1.54) is 34.6 Å². The molecular weight excluding hydrogens is 660 g/mol. The highest BCUT2D eigenvalue weighted by molar-refractivity contribution is 9.10. The second-order valence-corrected chi connectivity index (χ2v) is 14.2. The molecule has 0 saturated heterocycles. The maximum absolute atomic E-state index is 13.5. The van der Waals surface area contributed by atoms with Gasteiger partial charge in [-0.3, -0.25) is 9.59 Å². The lowest BCUT2D eigenvalue weighted by Gasteiger charge is -2.31. The second-order valence-electron chi connectivity index (χ2n) is 11.4. The number of unbranched alkanes of at least 4 members (excludes halogenated alkanes) is 1. The Kier molecular flexibility index (Phi) is 13.4. The molecule has 0 aliphatic carbocycles. The van der Waals surface area contributed by atoms with E-state index in [0.29, 0.717) is 37.1 Å². The number of phenolic OH excluding ortho intramolecular Hbond substituents is 1. The highest BCUT2D eigenvalue weighted by Gasteiger charge is 2.31. The van der Waals surface area contributed by atoms with Crippen molar-refractivity contribution in [1.29, 1.82) is 0 Å². The van der Waals surface area contributed by atoms with Crippen molar-refractivity contribution in [2.45, 2.75) is 63.4 Å². The lowest BCUT2D eigenvalue weighted by atomic mass is 10.0. The quantitative estimate of drug-likeness (QED) is 0.109. The highest BCUT2D eigenvalue weighted by atomic mass is 79.9. The van der Waals surface area contributed by atoms with Gasteiger partial charge in [-0.15, -0.1) is 0 Å². The van der Waals surface area contributed by atoms with Crippen LogP contribution in [0.15, 0.2) is 76.1 Å². The minimum atomic E-state index is -3.88.